The number of carbonyl (C=O) groups is 1. The molecule has 0 saturated heterocycles. The second-order valence-electron chi connectivity index (χ2n) is 8.79. The number of amides is 1. The van der Waals surface area contributed by atoms with Crippen LogP contribution in [0.3, 0.4) is 0 Å². The Morgan fingerprint density at radius 1 is 1.06 bits per heavy atom. The van der Waals surface area contributed by atoms with Crippen LogP contribution in [0.4, 0.5) is 0 Å². The molecule has 0 aliphatic carbocycles. The van der Waals surface area contributed by atoms with E-state index in [-0.39, 0.29) is 16.7 Å². The molecule has 0 unspecified atom stereocenters. The molecule has 33 heavy (non-hydrogen) atoms. The predicted octanol–water partition coefficient (Wildman–Crippen LogP) is 5.42. The van der Waals surface area contributed by atoms with E-state index in [4.69, 9.17) is 11.6 Å². The van der Waals surface area contributed by atoms with Gasteiger partial charge in [-0.2, -0.15) is 9.30 Å². The van der Waals surface area contributed by atoms with Crippen LogP contribution in [-0.2, 0) is 16.6 Å². The lowest BCUT2D eigenvalue weighted by molar-refractivity contribution is 0.0997. The second-order valence-corrected chi connectivity index (χ2v) is 12.2. The molecule has 2 aromatic carbocycles. The summed E-state index contributed by atoms with van der Waals surface area (Å²) in [7, 11) is -3.65. The Hall–Kier alpha value is -2.00. The second kappa shape index (κ2) is 10.5. The summed E-state index contributed by atoms with van der Waals surface area (Å²) in [6.07, 6.45) is 0. The van der Waals surface area contributed by atoms with Crippen molar-refractivity contribution in [2.24, 2.45) is 16.8 Å². The number of aryl methyl sites for hydroxylation is 1. The fourth-order valence-electron chi connectivity index (χ4n) is 3.59. The van der Waals surface area contributed by atoms with E-state index in [1.54, 1.807) is 0 Å². The zero-order valence-corrected chi connectivity index (χ0v) is 22.0. The van der Waals surface area contributed by atoms with Crippen molar-refractivity contribution in [2.75, 3.05) is 13.1 Å². The van der Waals surface area contributed by atoms with Gasteiger partial charge in [0.25, 0.3) is 5.91 Å². The molecule has 0 aliphatic heterocycles. The SMILES string of the molecule is CCn1c(=NC(=O)c2ccc(S(=O)(=O)N(CC(C)C)CC(C)C)cc2)sc2cc(Cl)ccc21. The third-order valence-corrected chi connectivity index (χ3v) is 8.16. The van der Waals surface area contributed by atoms with Crippen molar-refractivity contribution in [3.63, 3.8) is 0 Å². The smallest absolute Gasteiger partial charge is 0.279 e. The van der Waals surface area contributed by atoms with E-state index in [1.807, 2.05) is 57.4 Å². The van der Waals surface area contributed by atoms with Gasteiger partial charge >= 0.3 is 0 Å². The lowest BCUT2D eigenvalue weighted by atomic mass is 10.2. The predicted molar refractivity (Wildman–Crippen MR) is 135 cm³/mol. The monoisotopic (exact) mass is 507 g/mol. The van der Waals surface area contributed by atoms with Crippen LogP contribution in [0.1, 0.15) is 45.0 Å². The highest BCUT2D eigenvalue weighted by molar-refractivity contribution is 7.89. The number of carbonyl (C=O) groups excluding carboxylic acids is 1. The highest BCUT2D eigenvalue weighted by Gasteiger charge is 2.26. The number of rotatable bonds is 8. The van der Waals surface area contributed by atoms with Crippen LogP contribution in [0, 0.1) is 11.8 Å². The number of nitrogens with zero attached hydrogens (tertiary/aromatic N) is 3. The first-order valence-electron chi connectivity index (χ1n) is 11.0. The summed E-state index contributed by atoms with van der Waals surface area (Å²) in [4.78, 5) is 17.9. The molecule has 3 aromatic rings. The minimum atomic E-state index is -3.65. The minimum Gasteiger partial charge on any atom is -0.317 e. The van der Waals surface area contributed by atoms with E-state index < -0.39 is 15.9 Å². The maximum atomic E-state index is 13.2. The molecule has 0 atom stereocenters. The Labute approximate surface area is 204 Å². The summed E-state index contributed by atoms with van der Waals surface area (Å²) in [5.74, 6) is -0.000672. The minimum absolute atomic E-state index is 0.181. The van der Waals surface area contributed by atoms with Crippen LogP contribution in [0.25, 0.3) is 10.2 Å². The van der Waals surface area contributed by atoms with Gasteiger partial charge in [-0.1, -0.05) is 50.6 Å². The maximum absolute atomic E-state index is 13.2. The van der Waals surface area contributed by atoms with Gasteiger partial charge in [0.2, 0.25) is 10.0 Å². The van der Waals surface area contributed by atoms with Crippen molar-refractivity contribution in [1.29, 1.82) is 0 Å². The molecule has 0 N–H and O–H groups in total. The number of hydrogen-bond donors (Lipinski definition) is 0. The highest BCUT2D eigenvalue weighted by Crippen LogP contribution is 2.22. The zero-order chi connectivity index (χ0) is 24.3. The first-order valence-corrected chi connectivity index (χ1v) is 13.6. The van der Waals surface area contributed by atoms with Gasteiger partial charge in [0.15, 0.2) is 4.80 Å². The van der Waals surface area contributed by atoms with Gasteiger partial charge in [-0.05, 0) is 61.2 Å². The van der Waals surface area contributed by atoms with Crippen LogP contribution in [0.15, 0.2) is 52.4 Å². The Morgan fingerprint density at radius 2 is 1.67 bits per heavy atom. The Kier molecular flexibility index (Phi) is 8.16. The van der Waals surface area contributed by atoms with Crippen LogP contribution in [-0.4, -0.2) is 36.3 Å². The van der Waals surface area contributed by atoms with E-state index >= 15 is 0 Å². The fourth-order valence-corrected chi connectivity index (χ4v) is 6.73. The molecule has 0 spiro atoms. The molecule has 178 valence electrons. The van der Waals surface area contributed by atoms with E-state index in [2.05, 4.69) is 4.99 Å². The number of aromatic nitrogens is 1. The number of sulfonamides is 1. The van der Waals surface area contributed by atoms with Crippen molar-refractivity contribution < 1.29 is 13.2 Å². The molecule has 0 fully saturated rings. The normalized spacial score (nSPS) is 13.1. The lowest BCUT2D eigenvalue weighted by Crippen LogP contribution is -2.37. The molecule has 1 amide bonds. The standard InChI is InChI=1S/C24H30ClN3O3S2/c1-6-28-21-12-9-19(25)13-22(21)32-24(28)26-23(29)18-7-10-20(11-8-18)33(30,31)27(14-16(2)3)15-17(4)5/h7-13,16-17H,6,14-15H2,1-5H3. The largest absolute Gasteiger partial charge is 0.317 e. The van der Waals surface area contributed by atoms with E-state index in [9.17, 15) is 13.2 Å². The Balaban J connectivity index is 1.92. The number of thiazole rings is 1. The highest BCUT2D eigenvalue weighted by atomic mass is 35.5. The Morgan fingerprint density at radius 3 is 2.21 bits per heavy atom. The molecule has 0 saturated carbocycles. The average molecular weight is 508 g/mol. The van der Waals surface area contributed by atoms with Gasteiger partial charge < -0.3 is 4.57 Å². The molecule has 0 aliphatic rings. The third kappa shape index (κ3) is 5.93. The van der Waals surface area contributed by atoms with Crippen LogP contribution >= 0.6 is 22.9 Å². The summed E-state index contributed by atoms with van der Waals surface area (Å²) in [5, 5.41) is 0.630. The first-order chi connectivity index (χ1) is 15.5. The van der Waals surface area contributed by atoms with Gasteiger partial charge in [0.1, 0.15) is 0 Å². The van der Waals surface area contributed by atoms with Crippen LogP contribution in [0.5, 0.6) is 0 Å². The van der Waals surface area contributed by atoms with Gasteiger partial charge in [-0.25, -0.2) is 8.42 Å². The molecule has 1 aromatic heterocycles. The molecule has 3 rings (SSSR count). The van der Waals surface area contributed by atoms with Crippen molar-refractivity contribution in [3.8, 4) is 0 Å². The number of fused-ring (bicyclic) bond motifs is 1. The van der Waals surface area contributed by atoms with Crippen LogP contribution in [0.2, 0.25) is 5.02 Å². The van der Waals surface area contributed by atoms with E-state index in [0.717, 1.165) is 10.2 Å². The van der Waals surface area contributed by atoms with Gasteiger partial charge in [0.05, 0.1) is 15.1 Å². The van der Waals surface area contributed by atoms with Crippen molar-refractivity contribution >= 4 is 49.1 Å². The van der Waals surface area contributed by atoms with E-state index in [0.29, 0.717) is 35.0 Å². The molecule has 1 heterocycles. The van der Waals surface area contributed by atoms with Gasteiger partial charge in [0, 0.05) is 30.2 Å². The fraction of sp³-hybridized carbons (Fsp3) is 0.417. The maximum Gasteiger partial charge on any atom is 0.279 e. The third-order valence-electron chi connectivity index (χ3n) is 5.03. The average Bonchev–Trinajstić information content (AvgIpc) is 3.08. The van der Waals surface area contributed by atoms with Crippen molar-refractivity contribution in [3.05, 3.63) is 57.9 Å². The van der Waals surface area contributed by atoms with Gasteiger partial charge in [-0.3, -0.25) is 4.79 Å². The summed E-state index contributed by atoms with van der Waals surface area (Å²) in [5.41, 5.74) is 1.31. The zero-order valence-electron chi connectivity index (χ0n) is 19.6. The van der Waals surface area contributed by atoms with Crippen molar-refractivity contribution in [1.82, 2.24) is 8.87 Å². The summed E-state index contributed by atoms with van der Waals surface area (Å²) >= 11 is 7.50. The number of hydrogen-bond acceptors (Lipinski definition) is 4. The molecular formula is C24H30ClN3O3S2. The topological polar surface area (TPSA) is 71.7 Å². The summed E-state index contributed by atoms with van der Waals surface area (Å²) < 4.78 is 30.8. The molecular weight excluding hydrogens is 478 g/mol. The van der Waals surface area contributed by atoms with E-state index in [1.165, 1.54) is 39.9 Å². The Bertz CT molecular complexity index is 1300. The molecule has 9 heteroatoms. The number of benzene rings is 2. The molecule has 0 bridgehead atoms. The van der Waals surface area contributed by atoms with Crippen molar-refractivity contribution in [2.45, 2.75) is 46.1 Å². The molecule has 0 radical (unpaired) electrons. The lowest BCUT2D eigenvalue weighted by Gasteiger charge is -2.25. The molecule has 6 nitrogen and oxygen atoms in total. The summed E-state index contributed by atoms with van der Waals surface area (Å²) in [6.45, 7) is 11.5. The van der Waals surface area contributed by atoms with Crippen LogP contribution < -0.4 is 4.80 Å². The quantitative estimate of drug-likeness (QED) is 0.408. The number of halogens is 1. The first kappa shape index (κ1) is 25.6. The summed E-state index contributed by atoms with van der Waals surface area (Å²) in [6, 6.07) is 11.6. The van der Waals surface area contributed by atoms with Gasteiger partial charge in [-0.15, -0.1) is 0 Å².